The molecule has 3 aromatic carbocycles. The van der Waals surface area contributed by atoms with E-state index in [0.29, 0.717) is 18.0 Å². The Kier molecular flexibility index (Phi) is 4.45. The molecule has 0 atom stereocenters. The Hall–Kier alpha value is -3.31. The lowest BCUT2D eigenvalue weighted by Crippen LogP contribution is -2.37. The van der Waals surface area contributed by atoms with Gasteiger partial charge in [0.1, 0.15) is 16.9 Å². The zero-order chi connectivity index (χ0) is 19.8. The molecule has 0 fully saturated rings. The number of nitrogens with zero attached hydrogens (tertiary/aromatic N) is 1. The number of furan rings is 1. The number of nitrogens with one attached hydrogen (secondary N) is 1. The molecule has 0 radical (unpaired) electrons. The Morgan fingerprint density at radius 1 is 1.03 bits per heavy atom. The first-order valence-corrected chi connectivity index (χ1v) is 9.79. The summed E-state index contributed by atoms with van der Waals surface area (Å²) in [6, 6.07) is 20.1. The van der Waals surface area contributed by atoms with E-state index in [1.54, 1.807) is 7.11 Å². The number of carbonyl (C=O) groups is 1. The van der Waals surface area contributed by atoms with Crippen LogP contribution in [0.25, 0.3) is 21.9 Å². The van der Waals surface area contributed by atoms with Crippen molar-refractivity contribution in [3.8, 4) is 5.75 Å². The summed E-state index contributed by atoms with van der Waals surface area (Å²) >= 11 is 0. The van der Waals surface area contributed by atoms with Crippen molar-refractivity contribution in [1.29, 1.82) is 0 Å². The van der Waals surface area contributed by atoms with Gasteiger partial charge in [-0.25, -0.2) is 0 Å². The van der Waals surface area contributed by atoms with Crippen LogP contribution in [0.3, 0.4) is 0 Å². The van der Waals surface area contributed by atoms with Crippen LogP contribution < -0.4 is 10.1 Å². The van der Waals surface area contributed by atoms with E-state index < -0.39 is 0 Å². The molecule has 0 saturated carbocycles. The van der Waals surface area contributed by atoms with Crippen LogP contribution in [0.15, 0.2) is 65.1 Å². The Balaban J connectivity index is 1.37. The van der Waals surface area contributed by atoms with Crippen molar-refractivity contribution in [2.45, 2.75) is 13.0 Å². The molecule has 0 aliphatic carbocycles. The number of ether oxygens (including phenoxy) is 1. The van der Waals surface area contributed by atoms with Crippen molar-refractivity contribution in [1.82, 2.24) is 4.90 Å². The molecule has 0 bridgehead atoms. The van der Waals surface area contributed by atoms with Gasteiger partial charge in [0.25, 0.3) is 0 Å². The van der Waals surface area contributed by atoms with Crippen molar-refractivity contribution < 1.29 is 13.9 Å². The van der Waals surface area contributed by atoms with Gasteiger partial charge in [0.15, 0.2) is 0 Å². The number of amides is 1. The summed E-state index contributed by atoms with van der Waals surface area (Å²) < 4.78 is 11.5. The van der Waals surface area contributed by atoms with Crippen molar-refractivity contribution >= 4 is 33.5 Å². The van der Waals surface area contributed by atoms with Crippen molar-refractivity contribution in [3.63, 3.8) is 0 Å². The van der Waals surface area contributed by atoms with Gasteiger partial charge in [-0.15, -0.1) is 0 Å². The highest BCUT2D eigenvalue weighted by atomic mass is 16.5. The molecule has 29 heavy (non-hydrogen) atoms. The van der Waals surface area contributed by atoms with Crippen molar-refractivity contribution in [2.75, 3.05) is 25.5 Å². The van der Waals surface area contributed by atoms with Gasteiger partial charge in [-0.1, -0.05) is 42.5 Å². The number of carbonyl (C=O) groups excluding carboxylic acids is 1. The zero-order valence-electron chi connectivity index (χ0n) is 16.3. The monoisotopic (exact) mass is 386 g/mol. The smallest absolute Gasteiger partial charge is 0.238 e. The number of para-hydroxylation sites is 1. The average Bonchev–Trinajstić information content (AvgIpc) is 3.10. The minimum atomic E-state index is -0.0573. The maximum absolute atomic E-state index is 12.7. The highest BCUT2D eigenvalue weighted by Crippen LogP contribution is 2.36. The molecule has 1 aliphatic heterocycles. The molecule has 5 rings (SSSR count). The maximum atomic E-state index is 12.7. The molecular formula is C24H22N2O3. The Morgan fingerprint density at radius 3 is 2.69 bits per heavy atom. The number of hydrogen-bond donors (Lipinski definition) is 1. The number of hydrogen-bond acceptors (Lipinski definition) is 4. The highest BCUT2D eigenvalue weighted by molar-refractivity contribution is 6.07. The molecule has 1 N–H and O–H groups in total. The fraction of sp³-hybridized carbons (Fsp3) is 0.208. The second-order valence-corrected chi connectivity index (χ2v) is 7.42. The van der Waals surface area contributed by atoms with Crippen LogP contribution in [0.1, 0.15) is 11.1 Å². The molecule has 1 aromatic heterocycles. The predicted molar refractivity (Wildman–Crippen MR) is 114 cm³/mol. The molecule has 0 saturated heterocycles. The Labute approximate surface area is 168 Å². The number of benzene rings is 3. The van der Waals surface area contributed by atoms with Crippen molar-refractivity contribution in [3.05, 3.63) is 71.8 Å². The van der Waals surface area contributed by atoms with E-state index in [-0.39, 0.29) is 5.91 Å². The Morgan fingerprint density at radius 2 is 1.83 bits per heavy atom. The quantitative estimate of drug-likeness (QED) is 0.557. The van der Waals surface area contributed by atoms with Crippen LogP contribution in [0.2, 0.25) is 0 Å². The van der Waals surface area contributed by atoms with E-state index in [4.69, 9.17) is 9.15 Å². The summed E-state index contributed by atoms with van der Waals surface area (Å²) in [5, 5.41) is 5.01. The molecule has 1 aliphatic rings. The first kappa shape index (κ1) is 17.8. The number of anilines is 1. The van der Waals surface area contributed by atoms with E-state index >= 15 is 0 Å². The molecule has 5 nitrogen and oxygen atoms in total. The van der Waals surface area contributed by atoms with Crippen molar-refractivity contribution in [2.24, 2.45) is 0 Å². The second kappa shape index (κ2) is 7.26. The molecule has 2 heterocycles. The largest absolute Gasteiger partial charge is 0.495 e. The summed E-state index contributed by atoms with van der Waals surface area (Å²) in [7, 11) is 1.61. The fourth-order valence-electron chi connectivity index (χ4n) is 4.10. The van der Waals surface area contributed by atoms with Gasteiger partial charge < -0.3 is 14.5 Å². The maximum Gasteiger partial charge on any atom is 0.238 e. The lowest BCUT2D eigenvalue weighted by Gasteiger charge is -2.28. The van der Waals surface area contributed by atoms with Gasteiger partial charge in [-0.3, -0.25) is 9.69 Å². The Bertz CT molecular complexity index is 1210. The molecule has 0 spiro atoms. The highest BCUT2D eigenvalue weighted by Gasteiger charge is 2.19. The van der Waals surface area contributed by atoms with E-state index in [2.05, 4.69) is 34.5 Å². The van der Waals surface area contributed by atoms with Gasteiger partial charge in [-0.05, 0) is 29.7 Å². The molecule has 1 amide bonds. The first-order chi connectivity index (χ1) is 14.2. The van der Waals surface area contributed by atoms with Gasteiger partial charge in [-0.2, -0.15) is 0 Å². The first-order valence-electron chi connectivity index (χ1n) is 9.79. The van der Waals surface area contributed by atoms with Crippen LogP contribution in [0, 0.1) is 0 Å². The van der Waals surface area contributed by atoms with Gasteiger partial charge in [0.05, 0.1) is 19.3 Å². The third-order valence-corrected chi connectivity index (χ3v) is 5.55. The van der Waals surface area contributed by atoms with Gasteiger partial charge >= 0.3 is 0 Å². The molecule has 146 valence electrons. The van der Waals surface area contributed by atoms with E-state index in [9.17, 15) is 4.79 Å². The number of fused-ring (bicyclic) bond motifs is 4. The molecule has 0 unspecified atom stereocenters. The summed E-state index contributed by atoms with van der Waals surface area (Å²) in [4.78, 5) is 14.9. The van der Waals surface area contributed by atoms with E-state index in [1.807, 2.05) is 36.4 Å². The fourth-order valence-corrected chi connectivity index (χ4v) is 4.10. The van der Waals surface area contributed by atoms with E-state index in [1.165, 1.54) is 11.1 Å². The average molecular weight is 386 g/mol. The lowest BCUT2D eigenvalue weighted by atomic mass is 10.00. The molecule has 5 heteroatoms. The summed E-state index contributed by atoms with van der Waals surface area (Å²) in [5.41, 5.74) is 4.85. The predicted octanol–water partition coefficient (Wildman–Crippen LogP) is 4.59. The van der Waals surface area contributed by atoms with E-state index in [0.717, 1.165) is 41.4 Å². The minimum absolute atomic E-state index is 0.0573. The summed E-state index contributed by atoms with van der Waals surface area (Å²) in [6.45, 7) is 2.02. The topological polar surface area (TPSA) is 54.7 Å². The second-order valence-electron chi connectivity index (χ2n) is 7.42. The van der Waals surface area contributed by atoms with Crippen LogP contribution in [-0.4, -0.2) is 31.0 Å². The normalized spacial score (nSPS) is 14.1. The van der Waals surface area contributed by atoms with Crippen LogP contribution in [-0.2, 0) is 17.8 Å². The minimum Gasteiger partial charge on any atom is -0.495 e. The lowest BCUT2D eigenvalue weighted by molar-refractivity contribution is -0.117. The van der Waals surface area contributed by atoms with Crippen LogP contribution in [0.4, 0.5) is 5.69 Å². The number of methoxy groups -OCH3 is 1. The SMILES string of the molecule is COc1cc2c(cc1NC(=O)CN1CCc3ccccc3C1)oc1ccccc12. The summed E-state index contributed by atoms with van der Waals surface area (Å²) in [5.74, 6) is 0.569. The third kappa shape index (κ3) is 3.34. The third-order valence-electron chi connectivity index (χ3n) is 5.55. The molecular weight excluding hydrogens is 364 g/mol. The van der Waals surface area contributed by atoms with Gasteiger partial charge in [0, 0.05) is 29.9 Å². The zero-order valence-corrected chi connectivity index (χ0v) is 16.3. The molecule has 4 aromatic rings. The number of rotatable bonds is 4. The summed E-state index contributed by atoms with van der Waals surface area (Å²) in [6.07, 6.45) is 0.970. The van der Waals surface area contributed by atoms with Gasteiger partial charge in [0.2, 0.25) is 5.91 Å². The van der Waals surface area contributed by atoms with Crippen LogP contribution >= 0.6 is 0 Å². The van der Waals surface area contributed by atoms with Crippen LogP contribution in [0.5, 0.6) is 5.75 Å². The standard InChI is InChI=1S/C24H22N2O3/c1-28-23-12-19-18-8-4-5-9-21(18)29-22(19)13-20(23)25-24(27)15-26-11-10-16-6-2-3-7-17(16)14-26/h2-9,12-13H,10-11,14-15H2,1H3,(H,25,27).